The van der Waals surface area contributed by atoms with Crippen LogP contribution in [0.15, 0.2) is 22.0 Å². The molecule has 0 atom stereocenters. The highest BCUT2D eigenvalue weighted by Gasteiger charge is 2.42. The average molecular weight is 436 g/mol. The van der Waals surface area contributed by atoms with Crippen LogP contribution in [0.3, 0.4) is 0 Å². The van der Waals surface area contributed by atoms with Gasteiger partial charge in [-0.05, 0) is 50.0 Å². The molecule has 8 nitrogen and oxygen atoms in total. The molecule has 0 unspecified atom stereocenters. The van der Waals surface area contributed by atoms with E-state index in [0.717, 1.165) is 21.6 Å². The van der Waals surface area contributed by atoms with Crippen molar-refractivity contribution in [2.75, 3.05) is 13.1 Å². The zero-order valence-corrected chi connectivity index (χ0v) is 17.4. The number of nitrogens with zero attached hydrogens (tertiary/aromatic N) is 4. The first-order valence-corrected chi connectivity index (χ1v) is 10.2. The Kier molecular flexibility index (Phi) is 4.74. The Morgan fingerprint density at radius 2 is 1.47 bits per heavy atom. The number of thiocarbonyl (C=S) groups is 1. The molecule has 2 aliphatic heterocycles. The lowest BCUT2D eigenvalue weighted by atomic mass is 9.85. The van der Waals surface area contributed by atoms with Gasteiger partial charge in [-0.1, -0.05) is 0 Å². The van der Waals surface area contributed by atoms with Gasteiger partial charge in [0.1, 0.15) is 5.40 Å². The molecule has 0 radical (unpaired) electrons. The summed E-state index contributed by atoms with van der Waals surface area (Å²) in [6, 6.07) is 2.83. The number of hydrogen-bond acceptors (Lipinski definition) is 8. The number of amides is 4. The fourth-order valence-electron chi connectivity index (χ4n) is 3.95. The number of aliphatic imine (C=N–C) groups is 1. The van der Waals surface area contributed by atoms with Gasteiger partial charge < -0.3 is 0 Å². The van der Waals surface area contributed by atoms with Crippen LogP contribution in [0.25, 0.3) is 10.8 Å². The highest BCUT2D eigenvalue weighted by Crippen LogP contribution is 2.45. The van der Waals surface area contributed by atoms with Gasteiger partial charge in [-0.25, -0.2) is 0 Å². The average Bonchev–Trinajstić information content (AvgIpc) is 2.72. The van der Waals surface area contributed by atoms with Crippen LogP contribution in [0.4, 0.5) is 5.69 Å². The van der Waals surface area contributed by atoms with Crippen LogP contribution < -0.4 is 0 Å². The molecule has 4 amide bonds. The smallest absolute Gasteiger partial charge is 0.263 e. The summed E-state index contributed by atoms with van der Waals surface area (Å²) in [5, 5.41) is 13.8. The number of carbonyl (C=O) groups is 4. The van der Waals surface area contributed by atoms with Crippen LogP contribution in [0, 0.1) is 10.7 Å². The number of thiocyanates is 1. The third kappa shape index (κ3) is 2.47. The first kappa shape index (κ1) is 19.9. The van der Waals surface area contributed by atoms with E-state index < -0.39 is 23.6 Å². The Hall–Kier alpha value is -3.38. The summed E-state index contributed by atoms with van der Waals surface area (Å²) < 4.78 is 0. The first-order valence-electron chi connectivity index (χ1n) is 8.95. The number of thioether (sulfide) groups is 1. The van der Waals surface area contributed by atoms with E-state index in [9.17, 15) is 24.4 Å². The molecule has 30 heavy (non-hydrogen) atoms. The molecule has 10 heteroatoms. The highest BCUT2D eigenvalue weighted by atomic mass is 32.2. The maximum atomic E-state index is 13.1. The Bertz CT molecular complexity index is 1300. The van der Waals surface area contributed by atoms with E-state index in [-0.39, 0.29) is 56.7 Å². The fourth-order valence-corrected chi connectivity index (χ4v) is 4.61. The van der Waals surface area contributed by atoms with Gasteiger partial charge in [0.25, 0.3) is 23.6 Å². The van der Waals surface area contributed by atoms with E-state index in [1.54, 1.807) is 13.8 Å². The van der Waals surface area contributed by atoms with Gasteiger partial charge >= 0.3 is 0 Å². The second-order valence-corrected chi connectivity index (χ2v) is 7.48. The minimum Gasteiger partial charge on any atom is -0.275 e. The number of nitriles is 1. The summed E-state index contributed by atoms with van der Waals surface area (Å²) in [5.41, 5.74) is 0.580. The second-order valence-electron chi connectivity index (χ2n) is 6.47. The van der Waals surface area contributed by atoms with Crippen LogP contribution in [-0.2, 0) is 0 Å². The number of carbonyl (C=O) groups excluding carboxylic acids is 4. The Morgan fingerprint density at radius 1 is 0.933 bits per heavy atom. The number of imide groups is 2. The SMILES string of the molecule is CCN1C(=O)c2cc(SC#N)c3c4c(cc(N=C=S)c(c24)C1=O)C(=O)N(CC)C3=O. The zero-order valence-electron chi connectivity index (χ0n) is 15.8. The molecular formula is C20H12N4O4S2. The first-order chi connectivity index (χ1) is 14.4. The van der Waals surface area contributed by atoms with E-state index in [2.05, 4.69) is 10.2 Å². The van der Waals surface area contributed by atoms with Crippen LogP contribution in [-0.4, -0.2) is 51.7 Å². The summed E-state index contributed by atoms with van der Waals surface area (Å²) in [6.45, 7) is 3.55. The summed E-state index contributed by atoms with van der Waals surface area (Å²) in [4.78, 5) is 58.6. The minimum atomic E-state index is -0.588. The summed E-state index contributed by atoms with van der Waals surface area (Å²) in [7, 11) is 0. The third-order valence-corrected chi connectivity index (χ3v) is 5.90. The Morgan fingerprint density at radius 3 is 2.00 bits per heavy atom. The van der Waals surface area contributed by atoms with Crippen molar-refractivity contribution in [2.24, 2.45) is 4.99 Å². The molecule has 2 aromatic carbocycles. The van der Waals surface area contributed by atoms with Crippen LogP contribution in [0.5, 0.6) is 0 Å². The molecular weight excluding hydrogens is 424 g/mol. The summed E-state index contributed by atoms with van der Waals surface area (Å²) in [5.74, 6) is -2.29. The molecule has 0 aliphatic carbocycles. The molecule has 0 fully saturated rings. The van der Waals surface area contributed by atoms with Crippen molar-refractivity contribution in [3.8, 4) is 5.40 Å². The van der Waals surface area contributed by atoms with Crippen molar-refractivity contribution in [3.05, 3.63) is 34.4 Å². The van der Waals surface area contributed by atoms with E-state index in [1.165, 1.54) is 12.1 Å². The van der Waals surface area contributed by atoms with Gasteiger partial charge in [0.2, 0.25) is 0 Å². The van der Waals surface area contributed by atoms with Crippen molar-refractivity contribution in [2.45, 2.75) is 18.7 Å². The molecule has 0 spiro atoms. The maximum absolute atomic E-state index is 13.1. The standard InChI is InChI=1S/C20H12N4O4S2/c1-3-23-18(26)10-6-12(30-7-21)16-14-9(17(25)24(4-2)20(16)28)5-11(22-8-29)15(13(10)14)19(23)27/h5-6H,3-4H2,1-2H3. The fraction of sp³-hybridized carbons (Fsp3) is 0.200. The molecule has 0 saturated carbocycles. The van der Waals surface area contributed by atoms with Crippen molar-refractivity contribution in [3.63, 3.8) is 0 Å². The van der Waals surface area contributed by atoms with Gasteiger partial charge in [0.05, 0.1) is 27.5 Å². The van der Waals surface area contributed by atoms with Crippen LogP contribution >= 0.6 is 24.0 Å². The second kappa shape index (κ2) is 7.15. The third-order valence-electron chi connectivity index (χ3n) is 5.17. The van der Waals surface area contributed by atoms with Gasteiger partial charge in [-0.3, -0.25) is 29.0 Å². The molecule has 0 aromatic heterocycles. The Labute approximate surface area is 180 Å². The van der Waals surface area contributed by atoms with Crippen LogP contribution in [0.2, 0.25) is 0 Å². The lowest BCUT2D eigenvalue weighted by molar-refractivity contribution is 0.0596. The van der Waals surface area contributed by atoms with Crippen molar-refractivity contribution < 1.29 is 19.2 Å². The molecule has 0 bridgehead atoms. The van der Waals surface area contributed by atoms with Gasteiger partial charge in [-0.15, -0.1) is 0 Å². The predicted octanol–water partition coefficient (Wildman–Crippen LogP) is 3.38. The van der Waals surface area contributed by atoms with Gasteiger partial charge in [0, 0.05) is 34.3 Å². The van der Waals surface area contributed by atoms with Crippen molar-refractivity contribution >= 4 is 69.2 Å². The number of rotatable bonds is 4. The lowest BCUT2D eigenvalue weighted by Crippen LogP contribution is -2.43. The maximum Gasteiger partial charge on any atom is 0.263 e. The number of hydrogen-bond donors (Lipinski definition) is 0. The lowest BCUT2D eigenvalue weighted by Gasteiger charge is -2.32. The minimum absolute atomic E-state index is 0.0860. The molecule has 0 N–H and O–H groups in total. The molecule has 4 rings (SSSR count). The molecule has 2 aromatic rings. The topological polar surface area (TPSA) is 111 Å². The quantitative estimate of drug-likeness (QED) is 0.237. The van der Waals surface area contributed by atoms with E-state index in [0.29, 0.717) is 0 Å². The van der Waals surface area contributed by atoms with Crippen molar-refractivity contribution in [1.29, 1.82) is 5.26 Å². The normalized spacial score (nSPS) is 14.8. The van der Waals surface area contributed by atoms with E-state index in [4.69, 9.17) is 12.2 Å². The highest BCUT2D eigenvalue weighted by molar-refractivity contribution is 8.03. The molecule has 2 aliphatic rings. The number of benzene rings is 2. The van der Waals surface area contributed by atoms with E-state index >= 15 is 0 Å². The monoisotopic (exact) mass is 436 g/mol. The number of isothiocyanates is 1. The largest absolute Gasteiger partial charge is 0.275 e. The Balaban J connectivity index is 2.29. The molecule has 2 heterocycles. The van der Waals surface area contributed by atoms with Gasteiger partial charge in [-0.2, -0.15) is 10.3 Å². The van der Waals surface area contributed by atoms with Gasteiger partial charge in [0.15, 0.2) is 0 Å². The summed E-state index contributed by atoms with van der Waals surface area (Å²) >= 11 is 5.43. The van der Waals surface area contributed by atoms with Crippen LogP contribution in [0.1, 0.15) is 55.3 Å². The predicted molar refractivity (Wildman–Crippen MR) is 112 cm³/mol. The zero-order chi connectivity index (χ0) is 21.7. The molecule has 0 saturated heterocycles. The molecule has 148 valence electrons. The van der Waals surface area contributed by atoms with E-state index in [1.807, 2.05) is 5.40 Å². The summed E-state index contributed by atoms with van der Waals surface area (Å²) in [6.07, 6.45) is 0. The van der Waals surface area contributed by atoms with Crippen molar-refractivity contribution in [1.82, 2.24) is 9.80 Å².